The lowest BCUT2D eigenvalue weighted by Crippen LogP contribution is -2.28. The van der Waals surface area contributed by atoms with Crippen LogP contribution < -0.4 is 0 Å². The molecular weight excluding hydrogens is 344 g/mol. The highest BCUT2D eigenvalue weighted by Gasteiger charge is 2.39. The zero-order chi connectivity index (χ0) is 20.4. The number of carbonyl (C=O) groups excluding carboxylic acids is 1. The summed E-state index contributed by atoms with van der Waals surface area (Å²) >= 11 is 0. The van der Waals surface area contributed by atoms with Gasteiger partial charge in [-0.15, -0.1) is 0 Å². The molecule has 1 rings (SSSR count). The maximum atomic E-state index is 12.2. The van der Waals surface area contributed by atoms with Gasteiger partial charge in [0.05, 0.1) is 12.2 Å². The van der Waals surface area contributed by atoms with E-state index >= 15 is 0 Å². The molecule has 1 aliphatic carbocycles. The smallest absolute Gasteiger partial charge is 0.303 e. The number of ketones is 1. The van der Waals surface area contributed by atoms with Gasteiger partial charge in [-0.05, 0) is 31.1 Å². The average Bonchev–Trinajstić information content (AvgIpc) is 2.86. The number of unbranched alkanes of at least 4 members (excludes halogenated alkanes) is 2. The second-order valence-electron chi connectivity index (χ2n) is 8.34. The Kier molecular flexibility index (Phi) is 9.95. The van der Waals surface area contributed by atoms with Crippen LogP contribution in [0.5, 0.6) is 0 Å². The Morgan fingerprint density at radius 2 is 2.00 bits per heavy atom. The Hall–Kier alpha value is -1.46. The molecule has 0 aromatic heterocycles. The normalized spacial score (nSPS) is 24.9. The minimum Gasteiger partial charge on any atom is -0.481 e. The first-order valence-electron chi connectivity index (χ1n) is 10.1. The maximum absolute atomic E-state index is 12.2. The Morgan fingerprint density at radius 1 is 1.30 bits per heavy atom. The molecule has 0 spiro atoms. The van der Waals surface area contributed by atoms with Crippen molar-refractivity contribution in [2.75, 3.05) is 0 Å². The minimum absolute atomic E-state index is 0.0482. The number of aliphatic hydroxyl groups excluding tert-OH is 2. The zero-order valence-corrected chi connectivity index (χ0v) is 16.9. The quantitative estimate of drug-likeness (QED) is 0.353. The van der Waals surface area contributed by atoms with Crippen LogP contribution in [-0.2, 0) is 9.59 Å². The van der Waals surface area contributed by atoms with E-state index in [1.54, 1.807) is 6.08 Å². The molecule has 0 bridgehead atoms. The van der Waals surface area contributed by atoms with Gasteiger partial charge in [0.15, 0.2) is 0 Å². The van der Waals surface area contributed by atoms with Crippen LogP contribution in [0.4, 0.5) is 0 Å². The number of allylic oxidation sites excluding steroid dienone is 2. The van der Waals surface area contributed by atoms with E-state index < -0.39 is 18.2 Å². The highest BCUT2D eigenvalue weighted by atomic mass is 16.4. The van der Waals surface area contributed by atoms with Crippen molar-refractivity contribution in [2.45, 2.75) is 84.3 Å². The number of rotatable bonds is 12. The average molecular weight is 381 g/mol. The fourth-order valence-electron chi connectivity index (χ4n) is 3.53. The van der Waals surface area contributed by atoms with Gasteiger partial charge in [-0.2, -0.15) is 0 Å². The SMILES string of the molecule is CCCCC(C)(C)C(O)C=C[C@H]1C(O)CC(=O)[C@@H]1CC=CCCCC(=O)O. The second kappa shape index (κ2) is 11.4. The molecule has 4 atom stereocenters. The van der Waals surface area contributed by atoms with E-state index in [9.17, 15) is 19.8 Å². The summed E-state index contributed by atoms with van der Waals surface area (Å²) in [7, 11) is 0. The number of carboxylic acids is 1. The Balaban J connectivity index is 2.63. The van der Waals surface area contributed by atoms with Crippen LogP contribution in [0.3, 0.4) is 0 Å². The van der Waals surface area contributed by atoms with Crippen molar-refractivity contribution in [2.24, 2.45) is 17.3 Å². The molecule has 0 radical (unpaired) electrons. The monoisotopic (exact) mass is 380 g/mol. The molecule has 27 heavy (non-hydrogen) atoms. The van der Waals surface area contributed by atoms with E-state index in [-0.39, 0.29) is 35.9 Å². The number of aliphatic hydroxyl groups is 2. The molecule has 0 aromatic carbocycles. The number of carboxylic acid groups (broad SMARTS) is 1. The number of Topliss-reactive ketones (excluding diaryl/α,β-unsaturated/α-hetero) is 1. The largest absolute Gasteiger partial charge is 0.481 e. The molecule has 0 aromatic rings. The topological polar surface area (TPSA) is 94.8 Å². The third-order valence-corrected chi connectivity index (χ3v) is 5.54. The Labute approximate surface area is 163 Å². The van der Waals surface area contributed by atoms with Gasteiger partial charge in [-0.3, -0.25) is 9.59 Å². The predicted octanol–water partition coefficient (Wildman–Crippen LogP) is 3.89. The fourth-order valence-corrected chi connectivity index (χ4v) is 3.53. The molecule has 2 unspecified atom stereocenters. The van der Waals surface area contributed by atoms with Crippen molar-refractivity contribution < 1.29 is 24.9 Å². The molecule has 0 saturated heterocycles. The van der Waals surface area contributed by atoms with E-state index in [0.29, 0.717) is 19.3 Å². The van der Waals surface area contributed by atoms with E-state index in [2.05, 4.69) is 6.92 Å². The van der Waals surface area contributed by atoms with Crippen LogP contribution in [-0.4, -0.2) is 39.3 Å². The molecule has 0 aliphatic heterocycles. The van der Waals surface area contributed by atoms with Gasteiger partial charge in [0, 0.05) is 24.7 Å². The summed E-state index contributed by atoms with van der Waals surface area (Å²) in [6.45, 7) is 6.19. The van der Waals surface area contributed by atoms with Crippen molar-refractivity contribution in [3.63, 3.8) is 0 Å². The van der Waals surface area contributed by atoms with E-state index in [4.69, 9.17) is 5.11 Å². The second-order valence-corrected chi connectivity index (χ2v) is 8.34. The standard InChI is InChI=1S/C22H36O5/c1-4-5-14-22(2,3)20(25)13-12-17-16(18(23)15-19(17)24)10-8-6-7-9-11-21(26)27/h6,8,12-13,16-17,19-20,24-25H,4-5,7,9-11,14-15H2,1-3H3,(H,26,27)/t16-,17-,19?,20?/m1/s1. The lowest BCUT2D eigenvalue weighted by Gasteiger charge is -2.29. The van der Waals surface area contributed by atoms with Crippen LogP contribution in [0.25, 0.3) is 0 Å². The van der Waals surface area contributed by atoms with Gasteiger partial charge in [0.2, 0.25) is 0 Å². The number of hydrogen-bond donors (Lipinski definition) is 3. The maximum Gasteiger partial charge on any atom is 0.303 e. The van der Waals surface area contributed by atoms with E-state index in [1.807, 2.05) is 32.1 Å². The fraction of sp³-hybridized carbons (Fsp3) is 0.727. The van der Waals surface area contributed by atoms with E-state index in [0.717, 1.165) is 19.3 Å². The molecule has 1 fully saturated rings. The summed E-state index contributed by atoms with van der Waals surface area (Å²) in [5, 5.41) is 29.4. The summed E-state index contributed by atoms with van der Waals surface area (Å²) in [4.78, 5) is 22.7. The molecule has 0 heterocycles. The van der Waals surface area contributed by atoms with Gasteiger partial charge in [-0.1, -0.05) is 57.9 Å². The molecule has 5 heteroatoms. The Morgan fingerprint density at radius 3 is 2.63 bits per heavy atom. The van der Waals surface area contributed by atoms with Crippen molar-refractivity contribution in [3.05, 3.63) is 24.3 Å². The van der Waals surface area contributed by atoms with Crippen LogP contribution in [0.15, 0.2) is 24.3 Å². The molecule has 0 amide bonds. The van der Waals surface area contributed by atoms with Gasteiger partial charge in [0.1, 0.15) is 5.78 Å². The van der Waals surface area contributed by atoms with Crippen LogP contribution in [0.2, 0.25) is 0 Å². The molecule has 1 saturated carbocycles. The molecular formula is C22H36O5. The van der Waals surface area contributed by atoms with Gasteiger partial charge in [0.25, 0.3) is 0 Å². The number of aliphatic carboxylic acids is 1. The first-order valence-corrected chi connectivity index (χ1v) is 10.1. The minimum atomic E-state index is -0.803. The van der Waals surface area contributed by atoms with Crippen LogP contribution in [0, 0.1) is 17.3 Å². The van der Waals surface area contributed by atoms with Crippen LogP contribution in [0.1, 0.15) is 72.1 Å². The predicted molar refractivity (Wildman–Crippen MR) is 106 cm³/mol. The summed E-state index contributed by atoms with van der Waals surface area (Å²) in [6, 6.07) is 0. The Bertz CT molecular complexity index is 535. The summed E-state index contributed by atoms with van der Waals surface area (Å²) in [6.07, 6.45) is 11.2. The van der Waals surface area contributed by atoms with Crippen molar-refractivity contribution in [1.29, 1.82) is 0 Å². The molecule has 154 valence electrons. The number of hydrogen-bond acceptors (Lipinski definition) is 4. The van der Waals surface area contributed by atoms with Crippen molar-refractivity contribution in [1.82, 2.24) is 0 Å². The molecule has 5 nitrogen and oxygen atoms in total. The lowest BCUT2D eigenvalue weighted by molar-refractivity contribution is -0.137. The molecule has 1 aliphatic rings. The van der Waals surface area contributed by atoms with Crippen LogP contribution >= 0.6 is 0 Å². The third kappa shape index (κ3) is 7.97. The summed E-state index contributed by atoms with van der Waals surface area (Å²) in [5.41, 5.74) is -0.236. The summed E-state index contributed by atoms with van der Waals surface area (Å²) in [5.74, 6) is -1.31. The first kappa shape index (κ1) is 23.6. The van der Waals surface area contributed by atoms with Crippen molar-refractivity contribution in [3.8, 4) is 0 Å². The van der Waals surface area contributed by atoms with Gasteiger partial charge >= 0.3 is 5.97 Å². The first-order chi connectivity index (χ1) is 12.7. The third-order valence-electron chi connectivity index (χ3n) is 5.54. The summed E-state index contributed by atoms with van der Waals surface area (Å²) < 4.78 is 0. The highest BCUT2D eigenvalue weighted by Crippen LogP contribution is 2.35. The van der Waals surface area contributed by atoms with Gasteiger partial charge < -0.3 is 15.3 Å². The zero-order valence-electron chi connectivity index (χ0n) is 16.9. The highest BCUT2D eigenvalue weighted by molar-refractivity contribution is 5.84. The van der Waals surface area contributed by atoms with Gasteiger partial charge in [-0.25, -0.2) is 0 Å². The lowest BCUT2D eigenvalue weighted by atomic mass is 9.80. The van der Waals surface area contributed by atoms with E-state index in [1.165, 1.54) is 0 Å². The van der Waals surface area contributed by atoms with Crippen molar-refractivity contribution >= 4 is 11.8 Å². The number of carbonyl (C=O) groups is 2. The molecule has 3 N–H and O–H groups in total.